The van der Waals surface area contributed by atoms with Crippen LogP contribution in [0.1, 0.15) is 82.6 Å². The van der Waals surface area contributed by atoms with Gasteiger partial charge >= 0.3 is 0 Å². The van der Waals surface area contributed by atoms with Crippen molar-refractivity contribution < 1.29 is 24.2 Å². The summed E-state index contributed by atoms with van der Waals surface area (Å²) in [6.45, 7) is 9.54. The van der Waals surface area contributed by atoms with Crippen LogP contribution in [0.15, 0.2) is 24.3 Å². The number of aromatic nitrogens is 2. The number of piperidine rings is 1. The molecule has 0 saturated carbocycles. The maximum absolute atomic E-state index is 13.6. The predicted molar refractivity (Wildman–Crippen MR) is 164 cm³/mol. The quantitative estimate of drug-likeness (QED) is 0.278. The third kappa shape index (κ3) is 10.0. The number of nitrogens with zero attached hydrogens (tertiary/aromatic N) is 3. The van der Waals surface area contributed by atoms with E-state index in [1.165, 1.54) is 19.3 Å². The van der Waals surface area contributed by atoms with E-state index in [0.717, 1.165) is 30.9 Å². The molecule has 1 aliphatic rings. The lowest BCUT2D eigenvalue weighted by Crippen LogP contribution is -2.44. The van der Waals surface area contributed by atoms with Crippen molar-refractivity contribution in [2.24, 2.45) is 5.92 Å². The molecule has 230 valence electrons. The number of nitrogens with one attached hydrogen (secondary N) is 1. The normalized spacial score (nSPS) is 15.2. The second-order valence-corrected chi connectivity index (χ2v) is 11.2. The number of aliphatic hydroxyl groups excluding tert-OH is 1. The van der Waals surface area contributed by atoms with Crippen LogP contribution in [0.5, 0.6) is 11.5 Å². The van der Waals surface area contributed by atoms with Crippen LogP contribution in [0.2, 0.25) is 0 Å². The topological polar surface area (TPSA) is 106 Å². The molecule has 1 saturated heterocycles. The lowest BCUT2D eigenvalue weighted by atomic mass is 10.0. The Kier molecular flexibility index (Phi) is 14.6. The second kappa shape index (κ2) is 17.4. The molecule has 10 heteroatoms. The Hall–Kier alpha value is -2.62. The van der Waals surface area contributed by atoms with Crippen molar-refractivity contribution in [3.8, 4) is 22.8 Å². The smallest absolute Gasteiger partial charge is 0.272 e. The maximum Gasteiger partial charge on any atom is 0.272 e. The highest BCUT2D eigenvalue weighted by Crippen LogP contribution is 2.38. The number of ketones is 1. The fraction of sp³-hybridized carbons (Fsp3) is 0.645. The van der Waals surface area contributed by atoms with Gasteiger partial charge in [0.25, 0.3) is 5.91 Å². The number of ether oxygens (including phenoxy) is 2. The molecule has 1 aromatic heterocycles. The lowest BCUT2D eigenvalue weighted by molar-refractivity contribution is -0.121. The number of carbonyl (C=O) groups excluding carboxylic acids is 2. The van der Waals surface area contributed by atoms with Crippen LogP contribution in [0, 0.1) is 5.92 Å². The number of likely N-dealkylation sites (tertiary alicyclic amines) is 1. The van der Waals surface area contributed by atoms with Crippen LogP contribution in [0.25, 0.3) is 11.3 Å². The van der Waals surface area contributed by atoms with Crippen molar-refractivity contribution >= 4 is 24.1 Å². The Morgan fingerprint density at radius 1 is 1.07 bits per heavy atom. The highest BCUT2D eigenvalue weighted by molar-refractivity contribution is 5.97. The summed E-state index contributed by atoms with van der Waals surface area (Å²) in [7, 11) is 3.21. The summed E-state index contributed by atoms with van der Waals surface area (Å²) < 4.78 is 13.1. The number of methoxy groups -OCH3 is 2. The number of rotatable bonds is 16. The van der Waals surface area contributed by atoms with Gasteiger partial charge in [-0.05, 0) is 75.7 Å². The number of benzene rings is 1. The van der Waals surface area contributed by atoms with Gasteiger partial charge in [0.2, 0.25) is 0 Å². The second-order valence-electron chi connectivity index (χ2n) is 11.2. The minimum Gasteiger partial charge on any atom is -0.496 e. The van der Waals surface area contributed by atoms with Crippen molar-refractivity contribution in [1.82, 2.24) is 20.0 Å². The molecule has 0 spiro atoms. The summed E-state index contributed by atoms with van der Waals surface area (Å²) in [5, 5.41) is 17.6. The van der Waals surface area contributed by atoms with Crippen LogP contribution >= 0.6 is 12.4 Å². The van der Waals surface area contributed by atoms with E-state index in [2.05, 4.69) is 29.2 Å². The molecule has 1 aromatic carbocycles. The predicted octanol–water partition coefficient (Wildman–Crippen LogP) is 5.13. The van der Waals surface area contributed by atoms with Gasteiger partial charge in [0.15, 0.2) is 11.5 Å². The molecule has 1 aliphatic heterocycles. The monoisotopic (exact) mass is 592 g/mol. The Labute approximate surface area is 251 Å². The van der Waals surface area contributed by atoms with Gasteiger partial charge in [-0.1, -0.05) is 33.3 Å². The third-order valence-electron chi connectivity index (χ3n) is 7.54. The minimum atomic E-state index is -0.604. The average Bonchev–Trinajstić information content (AvgIpc) is 3.37. The van der Waals surface area contributed by atoms with Crippen molar-refractivity contribution in [2.45, 2.75) is 90.8 Å². The molecular weight excluding hydrogens is 544 g/mol. The first kappa shape index (κ1) is 34.6. The molecule has 41 heavy (non-hydrogen) atoms. The molecule has 9 nitrogen and oxygen atoms in total. The van der Waals surface area contributed by atoms with Crippen LogP contribution in [-0.2, 0) is 11.3 Å². The van der Waals surface area contributed by atoms with E-state index in [-0.39, 0.29) is 35.7 Å². The molecular formula is C31H49ClN4O5. The number of halogens is 1. The molecule has 3 rings (SSSR count). The average molecular weight is 593 g/mol. The highest BCUT2D eigenvalue weighted by atomic mass is 35.5. The van der Waals surface area contributed by atoms with Crippen LogP contribution in [-0.4, -0.2) is 77.5 Å². The van der Waals surface area contributed by atoms with Gasteiger partial charge in [0.05, 0.1) is 37.6 Å². The first-order chi connectivity index (χ1) is 19.3. The van der Waals surface area contributed by atoms with E-state index in [1.54, 1.807) is 20.3 Å². The van der Waals surface area contributed by atoms with Crippen LogP contribution < -0.4 is 14.8 Å². The van der Waals surface area contributed by atoms with E-state index in [0.29, 0.717) is 50.1 Å². The molecule has 2 atom stereocenters. The zero-order valence-corrected chi connectivity index (χ0v) is 26.2. The summed E-state index contributed by atoms with van der Waals surface area (Å²) in [5.41, 5.74) is 1.70. The van der Waals surface area contributed by atoms with Crippen molar-refractivity contribution in [1.29, 1.82) is 0 Å². The molecule has 1 fully saturated rings. The highest BCUT2D eigenvalue weighted by Gasteiger charge is 2.26. The Morgan fingerprint density at radius 3 is 2.32 bits per heavy atom. The van der Waals surface area contributed by atoms with E-state index in [1.807, 2.05) is 29.8 Å². The minimum absolute atomic E-state index is 0. The zero-order chi connectivity index (χ0) is 29.1. The fourth-order valence-electron chi connectivity index (χ4n) is 5.25. The van der Waals surface area contributed by atoms with E-state index >= 15 is 0 Å². The summed E-state index contributed by atoms with van der Waals surface area (Å²) in [4.78, 5) is 29.2. The number of carbonyl (C=O) groups is 2. The van der Waals surface area contributed by atoms with E-state index in [4.69, 9.17) is 9.47 Å². The first-order valence-electron chi connectivity index (χ1n) is 14.8. The van der Waals surface area contributed by atoms with Crippen molar-refractivity contribution in [3.63, 3.8) is 0 Å². The zero-order valence-electron chi connectivity index (χ0n) is 25.4. The molecule has 1 unspecified atom stereocenters. The number of amides is 1. The van der Waals surface area contributed by atoms with Crippen molar-refractivity contribution in [3.05, 3.63) is 30.0 Å². The van der Waals surface area contributed by atoms with E-state index in [9.17, 15) is 14.7 Å². The number of hydrogen-bond donors (Lipinski definition) is 2. The van der Waals surface area contributed by atoms with Gasteiger partial charge < -0.3 is 24.8 Å². The summed E-state index contributed by atoms with van der Waals surface area (Å²) in [6.07, 6.45) is 5.92. The van der Waals surface area contributed by atoms with Gasteiger partial charge in [0, 0.05) is 19.5 Å². The summed E-state index contributed by atoms with van der Waals surface area (Å²) >= 11 is 0. The molecule has 2 N–H and O–H groups in total. The number of Topliss-reactive ketones (excluding diaryl/α,β-unsaturated/α-hetero) is 1. The largest absolute Gasteiger partial charge is 0.496 e. The van der Waals surface area contributed by atoms with E-state index < -0.39 is 12.1 Å². The summed E-state index contributed by atoms with van der Waals surface area (Å²) in [5.74, 6) is 1.16. The van der Waals surface area contributed by atoms with Gasteiger partial charge in [0.1, 0.15) is 11.5 Å². The standard InChI is InChI=1S/C31H48N4O5.ClH/c1-6-23(36)12-10-13-27(37)24(16-19-34-17-8-7-9-18-34)32-31(38)25-20-26(35(33-25)21-22(2)3)30-28(39-4)14-11-15-29(30)40-5;/h11,14-15,20,22-24,36H,6-10,12-13,16-19,21H2,1-5H3,(H,32,38);1H/t23?,24-;/m0./s1. The molecule has 2 heterocycles. The molecule has 1 amide bonds. The third-order valence-corrected chi connectivity index (χ3v) is 7.54. The Bertz CT molecular complexity index is 1080. The first-order valence-corrected chi connectivity index (χ1v) is 14.8. The van der Waals surface area contributed by atoms with Crippen molar-refractivity contribution in [2.75, 3.05) is 33.9 Å². The Balaban J connectivity index is 0.00000588. The van der Waals surface area contributed by atoms with Crippen LogP contribution in [0.3, 0.4) is 0 Å². The molecule has 2 aromatic rings. The lowest BCUT2D eigenvalue weighted by Gasteiger charge is -2.28. The van der Waals surface area contributed by atoms with Gasteiger partial charge in [-0.15, -0.1) is 12.4 Å². The fourth-order valence-corrected chi connectivity index (χ4v) is 5.25. The van der Waals surface area contributed by atoms with Crippen LogP contribution in [0.4, 0.5) is 0 Å². The van der Waals surface area contributed by atoms with Gasteiger partial charge in [-0.2, -0.15) is 5.10 Å². The maximum atomic E-state index is 13.6. The number of hydrogen-bond acceptors (Lipinski definition) is 7. The molecule has 0 aliphatic carbocycles. The Morgan fingerprint density at radius 2 is 1.73 bits per heavy atom. The summed E-state index contributed by atoms with van der Waals surface area (Å²) in [6, 6.07) is 6.72. The molecule has 0 bridgehead atoms. The number of aliphatic hydroxyl groups is 1. The SMILES string of the molecule is CCC(O)CCCC(=O)[C@H](CCN1CCCCC1)NC(=O)c1cc(-c2c(OC)cccc2OC)n(CC(C)C)n1.Cl. The van der Waals surface area contributed by atoms with Gasteiger partial charge in [-0.3, -0.25) is 14.3 Å². The van der Waals surface area contributed by atoms with Gasteiger partial charge in [-0.25, -0.2) is 0 Å². The molecule has 0 radical (unpaired) electrons.